The summed E-state index contributed by atoms with van der Waals surface area (Å²) >= 11 is 0. The molecule has 30 heavy (non-hydrogen) atoms. The third-order valence-corrected chi connectivity index (χ3v) is 7.26. The molecule has 1 aliphatic heterocycles. The molecule has 1 aromatic rings. The highest BCUT2D eigenvalue weighted by atomic mass is 16.2. The Kier molecular flexibility index (Phi) is 7.42. The number of likely N-dealkylation sites (tertiary alicyclic amines) is 1. The maximum atomic E-state index is 12.8. The quantitative estimate of drug-likeness (QED) is 0.689. The van der Waals surface area contributed by atoms with Crippen LogP contribution in [0.4, 0.5) is 5.69 Å². The first-order valence-corrected chi connectivity index (χ1v) is 12.1. The lowest BCUT2D eigenvalue weighted by molar-refractivity contribution is -0.120. The number of benzene rings is 1. The van der Waals surface area contributed by atoms with Crippen molar-refractivity contribution in [1.29, 1.82) is 0 Å². The minimum atomic E-state index is -0.0310. The Morgan fingerprint density at radius 2 is 1.57 bits per heavy atom. The van der Waals surface area contributed by atoms with Crippen molar-refractivity contribution in [2.75, 3.05) is 18.4 Å². The van der Waals surface area contributed by atoms with E-state index in [-0.39, 0.29) is 23.8 Å². The normalized spacial score (nSPS) is 24.3. The van der Waals surface area contributed by atoms with Gasteiger partial charge in [0, 0.05) is 42.3 Å². The molecule has 0 radical (unpaired) electrons. The van der Waals surface area contributed by atoms with Crippen LogP contribution in [0.25, 0.3) is 0 Å². The summed E-state index contributed by atoms with van der Waals surface area (Å²) in [4.78, 5) is 28.0. The van der Waals surface area contributed by atoms with Gasteiger partial charge in [0.05, 0.1) is 0 Å². The van der Waals surface area contributed by atoms with E-state index in [0.717, 1.165) is 50.9 Å². The van der Waals surface area contributed by atoms with E-state index in [1.54, 1.807) is 0 Å². The fourth-order valence-electron chi connectivity index (χ4n) is 5.48. The van der Waals surface area contributed by atoms with Crippen LogP contribution in [-0.2, 0) is 4.79 Å². The Morgan fingerprint density at radius 3 is 2.33 bits per heavy atom. The number of rotatable bonds is 5. The first-order chi connectivity index (χ1) is 14.7. The molecule has 5 heteroatoms. The van der Waals surface area contributed by atoms with Gasteiger partial charge < -0.3 is 10.6 Å². The van der Waals surface area contributed by atoms with E-state index in [1.807, 2.05) is 24.3 Å². The zero-order valence-electron chi connectivity index (χ0n) is 18.2. The molecule has 3 aliphatic rings. The Morgan fingerprint density at radius 1 is 0.867 bits per heavy atom. The minimum absolute atomic E-state index is 0.0310. The van der Waals surface area contributed by atoms with Gasteiger partial charge in [0.2, 0.25) is 5.91 Å². The number of amides is 2. The monoisotopic (exact) mass is 411 g/mol. The van der Waals surface area contributed by atoms with Gasteiger partial charge >= 0.3 is 0 Å². The lowest BCUT2D eigenvalue weighted by atomic mass is 9.88. The molecule has 1 aromatic carbocycles. The predicted molar refractivity (Wildman–Crippen MR) is 121 cm³/mol. The zero-order chi connectivity index (χ0) is 20.8. The van der Waals surface area contributed by atoms with Gasteiger partial charge in [-0.05, 0) is 50.3 Å². The van der Waals surface area contributed by atoms with Crippen molar-refractivity contribution in [1.82, 2.24) is 10.2 Å². The second kappa shape index (κ2) is 10.4. The molecular weight excluding hydrogens is 374 g/mol. The molecule has 4 rings (SSSR count). The van der Waals surface area contributed by atoms with Gasteiger partial charge in [0.25, 0.3) is 5.91 Å². The van der Waals surface area contributed by atoms with Gasteiger partial charge in [0.15, 0.2) is 0 Å². The topological polar surface area (TPSA) is 61.4 Å². The van der Waals surface area contributed by atoms with Crippen LogP contribution < -0.4 is 10.6 Å². The summed E-state index contributed by atoms with van der Waals surface area (Å²) in [6, 6.07) is 8.31. The van der Waals surface area contributed by atoms with Crippen LogP contribution in [0.5, 0.6) is 0 Å². The number of hydrogen-bond acceptors (Lipinski definition) is 3. The van der Waals surface area contributed by atoms with Crippen molar-refractivity contribution in [2.45, 2.75) is 89.1 Å². The summed E-state index contributed by atoms with van der Waals surface area (Å²) in [5, 5.41) is 6.26. The van der Waals surface area contributed by atoms with Crippen LogP contribution in [0.15, 0.2) is 24.3 Å². The third-order valence-electron chi connectivity index (χ3n) is 7.26. The van der Waals surface area contributed by atoms with Crippen molar-refractivity contribution in [2.24, 2.45) is 5.92 Å². The third kappa shape index (κ3) is 5.63. The molecule has 164 valence electrons. The van der Waals surface area contributed by atoms with Crippen molar-refractivity contribution in [3.63, 3.8) is 0 Å². The van der Waals surface area contributed by atoms with Crippen LogP contribution in [0, 0.1) is 5.92 Å². The van der Waals surface area contributed by atoms with E-state index >= 15 is 0 Å². The molecule has 0 aromatic heterocycles. The van der Waals surface area contributed by atoms with Crippen molar-refractivity contribution in [3.05, 3.63) is 29.8 Å². The number of nitrogens with zero attached hydrogens (tertiary/aromatic N) is 1. The summed E-state index contributed by atoms with van der Waals surface area (Å²) in [6.45, 7) is 2.06. The van der Waals surface area contributed by atoms with Gasteiger partial charge in [-0.25, -0.2) is 0 Å². The molecule has 1 saturated heterocycles. The molecule has 2 aliphatic carbocycles. The van der Waals surface area contributed by atoms with Gasteiger partial charge in [-0.1, -0.05) is 51.0 Å². The van der Waals surface area contributed by atoms with E-state index in [0.29, 0.717) is 11.6 Å². The van der Waals surface area contributed by atoms with E-state index < -0.39 is 0 Å². The summed E-state index contributed by atoms with van der Waals surface area (Å²) < 4.78 is 0. The molecule has 0 bridgehead atoms. The lowest BCUT2D eigenvalue weighted by Crippen LogP contribution is -2.39. The summed E-state index contributed by atoms with van der Waals surface area (Å²) in [5.74, 6) is 0.184. The Bertz CT molecular complexity index is 721. The van der Waals surface area contributed by atoms with E-state index in [9.17, 15) is 9.59 Å². The predicted octanol–water partition coefficient (Wildman–Crippen LogP) is 4.73. The lowest BCUT2D eigenvalue weighted by Gasteiger charge is -2.26. The number of nitrogens with one attached hydrogen (secondary N) is 2. The van der Waals surface area contributed by atoms with Crippen LogP contribution >= 0.6 is 0 Å². The maximum absolute atomic E-state index is 12.8. The molecule has 2 N–H and O–H groups in total. The highest BCUT2D eigenvalue weighted by molar-refractivity contribution is 5.97. The Hall–Kier alpha value is -1.88. The van der Waals surface area contributed by atoms with Crippen molar-refractivity contribution >= 4 is 17.5 Å². The maximum Gasteiger partial charge on any atom is 0.251 e. The second-order valence-corrected chi connectivity index (χ2v) is 9.50. The van der Waals surface area contributed by atoms with Crippen molar-refractivity contribution < 1.29 is 9.59 Å². The van der Waals surface area contributed by atoms with Gasteiger partial charge in [0.1, 0.15) is 0 Å². The highest BCUT2D eigenvalue weighted by Crippen LogP contribution is 2.26. The zero-order valence-corrected chi connectivity index (χ0v) is 18.2. The standard InChI is InChI=1S/C25H37N3O2/c29-24(19-9-4-3-5-10-19)26-21-12-8-11-20(17-21)25(30)27-22-15-16-28(18-22)23-13-6-1-2-7-14-23/h8,11-12,17,19,22-23H,1-7,9-10,13-16,18H2,(H,26,29)(H,27,30). The van der Waals surface area contributed by atoms with E-state index in [4.69, 9.17) is 0 Å². The highest BCUT2D eigenvalue weighted by Gasteiger charge is 2.29. The van der Waals surface area contributed by atoms with Gasteiger partial charge in [-0.3, -0.25) is 14.5 Å². The first-order valence-electron chi connectivity index (χ1n) is 12.1. The number of hydrogen-bond donors (Lipinski definition) is 2. The molecule has 3 fully saturated rings. The average molecular weight is 412 g/mol. The van der Waals surface area contributed by atoms with Crippen LogP contribution in [0.3, 0.4) is 0 Å². The molecule has 5 nitrogen and oxygen atoms in total. The minimum Gasteiger partial charge on any atom is -0.348 e. The number of carbonyl (C=O) groups excluding carboxylic acids is 2. The van der Waals surface area contributed by atoms with Crippen molar-refractivity contribution in [3.8, 4) is 0 Å². The second-order valence-electron chi connectivity index (χ2n) is 9.50. The summed E-state index contributed by atoms with van der Waals surface area (Å²) in [5.41, 5.74) is 1.36. The van der Waals surface area contributed by atoms with Crippen LogP contribution in [0.2, 0.25) is 0 Å². The molecule has 1 unspecified atom stereocenters. The fourth-order valence-corrected chi connectivity index (χ4v) is 5.48. The van der Waals surface area contributed by atoms with Gasteiger partial charge in [-0.2, -0.15) is 0 Å². The molecule has 2 saturated carbocycles. The number of anilines is 1. The molecular formula is C25H37N3O2. The SMILES string of the molecule is O=C(NC1CCN(C2CCCCCC2)C1)c1cccc(NC(=O)C2CCCCC2)c1. The molecule has 1 heterocycles. The van der Waals surface area contributed by atoms with Crippen LogP contribution in [0.1, 0.15) is 87.4 Å². The Labute approximate surface area is 181 Å². The fraction of sp³-hybridized carbons (Fsp3) is 0.680. The molecule has 0 spiro atoms. The van der Waals surface area contributed by atoms with E-state index in [2.05, 4.69) is 15.5 Å². The summed E-state index contributed by atoms with van der Waals surface area (Å²) in [6.07, 6.45) is 14.5. The largest absolute Gasteiger partial charge is 0.348 e. The molecule has 1 atom stereocenters. The van der Waals surface area contributed by atoms with E-state index in [1.165, 1.54) is 44.9 Å². The van der Waals surface area contributed by atoms with Crippen LogP contribution in [-0.4, -0.2) is 41.9 Å². The average Bonchev–Trinajstić information content (AvgIpc) is 3.06. The molecule has 2 amide bonds. The first kappa shape index (κ1) is 21.4. The Balaban J connectivity index is 1.29. The summed E-state index contributed by atoms with van der Waals surface area (Å²) in [7, 11) is 0. The smallest absolute Gasteiger partial charge is 0.251 e. The number of carbonyl (C=O) groups is 2. The van der Waals surface area contributed by atoms with Gasteiger partial charge in [-0.15, -0.1) is 0 Å².